The first kappa shape index (κ1) is 21.5. The number of nitrogens with zero attached hydrogens (tertiary/aromatic N) is 2. The molecule has 1 aromatic carbocycles. The van der Waals surface area contributed by atoms with Crippen molar-refractivity contribution >= 4 is 23.6 Å². The van der Waals surface area contributed by atoms with Crippen LogP contribution in [-0.4, -0.2) is 17.6 Å². The Bertz CT molecular complexity index is 849. The number of amides is 2. The van der Waals surface area contributed by atoms with Crippen LogP contribution in [0.5, 0.6) is 0 Å². The molecule has 2 atom stereocenters. The van der Waals surface area contributed by atoms with E-state index in [0.29, 0.717) is 10.6 Å². The third-order valence-corrected chi connectivity index (χ3v) is 5.80. The van der Waals surface area contributed by atoms with Crippen LogP contribution in [0.15, 0.2) is 40.9 Å². The van der Waals surface area contributed by atoms with Gasteiger partial charge in [0.05, 0.1) is 34.5 Å². The standard InChI is InChI=1S/C21H24N4O2S/c1-4-8-17(14-9-6-5-7-10-14)24-18(26)13-28-20-16(12-23)21(2,3)15(11-22)19(27)25-20/h5-7,9-10,15,17H,4,8,13H2,1-3H3,(H,24,26)(H,25,27)/t15-,17-/m1/s1. The lowest BCUT2D eigenvalue weighted by molar-refractivity contribution is -0.125. The highest BCUT2D eigenvalue weighted by molar-refractivity contribution is 8.03. The van der Waals surface area contributed by atoms with E-state index in [9.17, 15) is 20.1 Å². The molecule has 0 bridgehead atoms. The highest BCUT2D eigenvalue weighted by atomic mass is 32.2. The molecule has 2 rings (SSSR count). The van der Waals surface area contributed by atoms with Gasteiger partial charge in [0.25, 0.3) is 0 Å². The maximum atomic E-state index is 12.5. The number of allylic oxidation sites excluding steroid dienone is 1. The van der Waals surface area contributed by atoms with Gasteiger partial charge in [-0.15, -0.1) is 0 Å². The predicted molar refractivity (Wildman–Crippen MR) is 108 cm³/mol. The average molecular weight is 397 g/mol. The Morgan fingerprint density at radius 2 is 2.00 bits per heavy atom. The van der Waals surface area contributed by atoms with Crippen molar-refractivity contribution in [2.45, 2.75) is 39.7 Å². The van der Waals surface area contributed by atoms with Crippen LogP contribution in [0.2, 0.25) is 0 Å². The molecule has 0 aromatic heterocycles. The van der Waals surface area contributed by atoms with Crippen molar-refractivity contribution in [2.24, 2.45) is 11.3 Å². The summed E-state index contributed by atoms with van der Waals surface area (Å²) in [6.07, 6.45) is 1.75. The molecule has 0 fully saturated rings. The number of nitriles is 2. The van der Waals surface area contributed by atoms with Crippen molar-refractivity contribution in [2.75, 3.05) is 5.75 Å². The van der Waals surface area contributed by atoms with E-state index >= 15 is 0 Å². The molecular weight excluding hydrogens is 372 g/mol. The first-order valence-electron chi connectivity index (χ1n) is 9.17. The summed E-state index contributed by atoms with van der Waals surface area (Å²) in [6.45, 7) is 5.46. The maximum Gasteiger partial charge on any atom is 0.243 e. The minimum Gasteiger partial charge on any atom is -0.349 e. The molecule has 146 valence electrons. The van der Waals surface area contributed by atoms with Gasteiger partial charge in [0, 0.05) is 5.41 Å². The number of hydrogen-bond donors (Lipinski definition) is 2. The molecule has 2 amide bonds. The summed E-state index contributed by atoms with van der Waals surface area (Å²) < 4.78 is 0. The Morgan fingerprint density at radius 1 is 1.32 bits per heavy atom. The normalized spacial score (nSPS) is 19.2. The molecule has 0 radical (unpaired) electrons. The van der Waals surface area contributed by atoms with Gasteiger partial charge in [0.1, 0.15) is 5.92 Å². The molecule has 1 heterocycles. The van der Waals surface area contributed by atoms with Crippen molar-refractivity contribution in [1.29, 1.82) is 10.5 Å². The van der Waals surface area contributed by atoms with Crippen LogP contribution in [-0.2, 0) is 9.59 Å². The lowest BCUT2D eigenvalue weighted by atomic mass is 9.72. The van der Waals surface area contributed by atoms with Crippen LogP contribution in [0.25, 0.3) is 0 Å². The number of carbonyl (C=O) groups excluding carboxylic acids is 2. The van der Waals surface area contributed by atoms with Crippen molar-refractivity contribution in [3.05, 3.63) is 46.5 Å². The van der Waals surface area contributed by atoms with Gasteiger partial charge in [-0.1, -0.05) is 69.3 Å². The molecule has 28 heavy (non-hydrogen) atoms. The molecule has 0 spiro atoms. The molecule has 0 aliphatic carbocycles. The smallest absolute Gasteiger partial charge is 0.243 e. The number of carbonyl (C=O) groups is 2. The summed E-state index contributed by atoms with van der Waals surface area (Å²) in [5, 5.41) is 24.8. The van der Waals surface area contributed by atoms with Crippen molar-refractivity contribution in [1.82, 2.24) is 10.6 Å². The van der Waals surface area contributed by atoms with Gasteiger partial charge in [-0.2, -0.15) is 10.5 Å². The second kappa shape index (κ2) is 9.43. The lowest BCUT2D eigenvalue weighted by Crippen LogP contribution is -2.44. The Labute approximate surface area is 170 Å². The van der Waals surface area contributed by atoms with Gasteiger partial charge >= 0.3 is 0 Å². The quantitative estimate of drug-likeness (QED) is 0.735. The molecule has 7 heteroatoms. The number of rotatable bonds is 7. The fourth-order valence-corrected chi connectivity index (χ4v) is 4.19. The van der Waals surface area contributed by atoms with E-state index in [1.54, 1.807) is 13.8 Å². The van der Waals surface area contributed by atoms with Crippen molar-refractivity contribution in [3.8, 4) is 12.1 Å². The fourth-order valence-electron chi connectivity index (χ4n) is 3.20. The number of hydrogen-bond acceptors (Lipinski definition) is 5. The molecule has 0 saturated heterocycles. The zero-order valence-corrected chi connectivity index (χ0v) is 17.1. The molecule has 2 N–H and O–H groups in total. The summed E-state index contributed by atoms with van der Waals surface area (Å²) in [5.41, 5.74) is 0.465. The first-order chi connectivity index (χ1) is 13.3. The van der Waals surface area contributed by atoms with E-state index < -0.39 is 17.2 Å². The monoisotopic (exact) mass is 396 g/mol. The van der Waals surface area contributed by atoms with E-state index in [1.807, 2.05) is 36.4 Å². The molecule has 6 nitrogen and oxygen atoms in total. The Hall–Kier alpha value is -2.77. The van der Waals surface area contributed by atoms with Crippen molar-refractivity contribution < 1.29 is 9.59 Å². The summed E-state index contributed by atoms with van der Waals surface area (Å²) in [4.78, 5) is 24.7. The topological polar surface area (TPSA) is 106 Å². The van der Waals surface area contributed by atoms with E-state index in [4.69, 9.17) is 0 Å². The van der Waals surface area contributed by atoms with E-state index in [1.165, 1.54) is 0 Å². The Balaban J connectivity index is 2.10. The zero-order chi connectivity index (χ0) is 20.7. The van der Waals surface area contributed by atoms with Gasteiger partial charge in [-0.25, -0.2) is 0 Å². The lowest BCUT2D eigenvalue weighted by Gasteiger charge is -2.34. The van der Waals surface area contributed by atoms with Gasteiger partial charge in [0.15, 0.2) is 0 Å². The van der Waals surface area contributed by atoms with E-state index in [0.717, 1.165) is 30.2 Å². The number of thioether (sulfide) groups is 1. The third kappa shape index (κ3) is 4.74. The summed E-state index contributed by atoms with van der Waals surface area (Å²) in [7, 11) is 0. The van der Waals surface area contributed by atoms with E-state index in [-0.39, 0.29) is 17.7 Å². The molecule has 1 aliphatic rings. The average Bonchev–Trinajstić information content (AvgIpc) is 2.66. The molecular formula is C21H24N4O2S. The summed E-state index contributed by atoms with van der Waals surface area (Å²) in [6, 6.07) is 13.8. The van der Waals surface area contributed by atoms with Crippen LogP contribution in [0.4, 0.5) is 0 Å². The summed E-state index contributed by atoms with van der Waals surface area (Å²) >= 11 is 1.12. The highest BCUT2D eigenvalue weighted by Gasteiger charge is 2.44. The zero-order valence-electron chi connectivity index (χ0n) is 16.3. The Kier molecular flexibility index (Phi) is 7.25. The number of benzene rings is 1. The van der Waals surface area contributed by atoms with E-state index in [2.05, 4.69) is 23.6 Å². The van der Waals surface area contributed by atoms with Gasteiger partial charge in [0.2, 0.25) is 11.8 Å². The maximum absolute atomic E-state index is 12.5. The first-order valence-corrected chi connectivity index (χ1v) is 10.2. The van der Waals surface area contributed by atoms with Crippen LogP contribution >= 0.6 is 11.8 Å². The van der Waals surface area contributed by atoms with Crippen LogP contribution in [0.1, 0.15) is 45.2 Å². The largest absolute Gasteiger partial charge is 0.349 e. The fraction of sp³-hybridized carbons (Fsp3) is 0.429. The molecule has 1 aromatic rings. The van der Waals surface area contributed by atoms with Crippen LogP contribution in [0.3, 0.4) is 0 Å². The number of nitrogens with one attached hydrogen (secondary N) is 2. The van der Waals surface area contributed by atoms with Gasteiger partial charge in [-0.3, -0.25) is 9.59 Å². The SMILES string of the molecule is CCC[C@@H](NC(=O)CSC1=C(C#N)C(C)(C)[C@H](C#N)C(=O)N1)c1ccccc1. The minimum absolute atomic E-state index is 0.0706. The Morgan fingerprint density at radius 3 is 2.57 bits per heavy atom. The van der Waals surface area contributed by atoms with Gasteiger partial charge < -0.3 is 10.6 Å². The molecule has 0 saturated carbocycles. The third-order valence-electron chi connectivity index (χ3n) is 4.80. The second-order valence-electron chi connectivity index (χ2n) is 7.20. The van der Waals surface area contributed by atoms with Crippen LogP contribution in [0, 0.1) is 34.0 Å². The van der Waals surface area contributed by atoms with Crippen molar-refractivity contribution in [3.63, 3.8) is 0 Å². The second-order valence-corrected chi connectivity index (χ2v) is 8.18. The highest BCUT2D eigenvalue weighted by Crippen LogP contribution is 2.41. The molecule has 0 unspecified atom stereocenters. The van der Waals surface area contributed by atoms with Crippen LogP contribution < -0.4 is 10.6 Å². The molecule has 1 aliphatic heterocycles. The minimum atomic E-state index is -0.938. The van der Waals surface area contributed by atoms with Gasteiger partial charge in [-0.05, 0) is 12.0 Å². The summed E-state index contributed by atoms with van der Waals surface area (Å²) in [5.74, 6) is -1.48. The predicted octanol–water partition coefficient (Wildman–Crippen LogP) is 3.41.